The molecule has 1 heterocycles. The number of para-hydroxylation sites is 1. The number of hydrogen-bond acceptors (Lipinski definition) is 3. The lowest BCUT2D eigenvalue weighted by Crippen LogP contribution is -2.20. The molecule has 0 spiro atoms. The Bertz CT molecular complexity index is 834. The van der Waals surface area contributed by atoms with Crippen molar-refractivity contribution in [3.8, 4) is 11.4 Å². The van der Waals surface area contributed by atoms with Crippen LogP contribution in [0.4, 0.5) is 0 Å². The maximum Gasteiger partial charge on any atom is 0.332 e. The van der Waals surface area contributed by atoms with Crippen molar-refractivity contribution in [1.29, 1.82) is 0 Å². The SMILES string of the molecule is COc1ccccc1Sc1ccc(-n2ccn(C)c2=O)cc1. The lowest BCUT2D eigenvalue weighted by atomic mass is 10.3. The summed E-state index contributed by atoms with van der Waals surface area (Å²) in [7, 11) is 3.41. The zero-order valence-corrected chi connectivity index (χ0v) is 13.2. The molecule has 0 atom stereocenters. The van der Waals surface area contributed by atoms with Crippen LogP contribution in [-0.2, 0) is 7.05 Å². The number of rotatable bonds is 4. The van der Waals surface area contributed by atoms with E-state index in [1.165, 1.54) is 0 Å². The second-order valence-corrected chi connectivity index (χ2v) is 5.92. The molecule has 0 N–H and O–H groups in total. The van der Waals surface area contributed by atoms with Crippen LogP contribution < -0.4 is 10.4 Å². The third kappa shape index (κ3) is 2.80. The summed E-state index contributed by atoms with van der Waals surface area (Å²) in [5, 5.41) is 0. The van der Waals surface area contributed by atoms with Crippen LogP contribution in [0.5, 0.6) is 5.75 Å². The van der Waals surface area contributed by atoms with E-state index in [-0.39, 0.29) is 5.69 Å². The molecule has 1 aromatic heterocycles. The van der Waals surface area contributed by atoms with Gasteiger partial charge in [-0.15, -0.1) is 0 Å². The van der Waals surface area contributed by atoms with E-state index in [9.17, 15) is 4.79 Å². The summed E-state index contributed by atoms with van der Waals surface area (Å²) in [6.07, 6.45) is 3.52. The fourth-order valence-electron chi connectivity index (χ4n) is 2.17. The predicted molar refractivity (Wildman–Crippen MR) is 88.1 cm³/mol. The van der Waals surface area contributed by atoms with Gasteiger partial charge in [0.1, 0.15) is 5.75 Å². The number of ether oxygens (including phenoxy) is 1. The van der Waals surface area contributed by atoms with Gasteiger partial charge in [-0.1, -0.05) is 23.9 Å². The predicted octanol–water partition coefficient (Wildman–Crippen LogP) is 3.34. The van der Waals surface area contributed by atoms with E-state index >= 15 is 0 Å². The first-order valence-electron chi connectivity index (χ1n) is 6.84. The zero-order valence-electron chi connectivity index (χ0n) is 12.4. The molecular weight excluding hydrogens is 296 g/mol. The Morgan fingerprint density at radius 1 is 1.00 bits per heavy atom. The van der Waals surface area contributed by atoms with Gasteiger partial charge in [-0.25, -0.2) is 4.79 Å². The summed E-state index contributed by atoms with van der Waals surface area (Å²) in [6.45, 7) is 0. The van der Waals surface area contributed by atoms with Gasteiger partial charge in [0.2, 0.25) is 0 Å². The molecule has 3 rings (SSSR count). The third-order valence-electron chi connectivity index (χ3n) is 3.36. The first kappa shape index (κ1) is 14.5. The normalized spacial score (nSPS) is 10.6. The number of aryl methyl sites for hydroxylation is 1. The van der Waals surface area contributed by atoms with Crippen LogP contribution in [0.3, 0.4) is 0 Å². The summed E-state index contributed by atoms with van der Waals surface area (Å²) in [4.78, 5) is 14.1. The average Bonchev–Trinajstić information content (AvgIpc) is 2.88. The minimum Gasteiger partial charge on any atom is -0.496 e. The molecular formula is C17H16N2O2S. The van der Waals surface area contributed by atoms with Crippen molar-refractivity contribution in [1.82, 2.24) is 9.13 Å². The molecule has 112 valence electrons. The first-order chi connectivity index (χ1) is 10.7. The minimum absolute atomic E-state index is 0.0508. The molecule has 22 heavy (non-hydrogen) atoms. The summed E-state index contributed by atoms with van der Waals surface area (Å²) >= 11 is 1.63. The van der Waals surface area contributed by atoms with E-state index < -0.39 is 0 Å². The van der Waals surface area contributed by atoms with Crippen LogP contribution in [-0.4, -0.2) is 16.2 Å². The third-order valence-corrected chi connectivity index (χ3v) is 4.42. The van der Waals surface area contributed by atoms with Crippen molar-refractivity contribution in [3.05, 3.63) is 71.4 Å². The van der Waals surface area contributed by atoms with Gasteiger partial charge in [-0.2, -0.15) is 0 Å². The van der Waals surface area contributed by atoms with Gasteiger partial charge in [-0.3, -0.25) is 4.57 Å². The molecule has 3 aromatic rings. The summed E-state index contributed by atoms with van der Waals surface area (Å²) in [5.74, 6) is 0.857. The van der Waals surface area contributed by atoms with E-state index in [0.29, 0.717) is 0 Å². The van der Waals surface area contributed by atoms with Gasteiger partial charge in [0.05, 0.1) is 17.7 Å². The first-order valence-corrected chi connectivity index (χ1v) is 7.66. The molecule has 5 heteroatoms. The highest BCUT2D eigenvalue weighted by molar-refractivity contribution is 7.99. The van der Waals surface area contributed by atoms with Gasteiger partial charge < -0.3 is 9.30 Å². The molecule has 0 aliphatic rings. The minimum atomic E-state index is -0.0508. The molecule has 0 amide bonds. The van der Waals surface area contributed by atoms with Gasteiger partial charge in [0.25, 0.3) is 0 Å². The van der Waals surface area contributed by atoms with E-state index in [2.05, 4.69) is 0 Å². The second-order valence-electron chi connectivity index (χ2n) is 4.81. The van der Waals surface area contributed by atoms with Crippen molar-refractivity contribution in [2.24, 2.45) is 7.05 Å². The smallest absolute Gasteiger partial charge is 0.332 e. The Balaban J connectivity index is 1.86. The van der Waals surface area contributed by atoms with Crippen molar-refractivity contribution in [2.45, 2.75) is 9.79 Å². The lowest BCUT2D eigenvalue weighted by Gasteiger charge is -2.08. The van der Waals surface area contributed by atoms with E-state index in [0.717, 1.165) is 21.2 Å². The molecule has 0 bridgehead atoms. The zero-order chi connectivity index (χ0) is 15.5. The fraction of sp³-hybridized carbons (Fsp3) is 0.118. The highest BCUT2D eigenvalue weighted by Crippen LogP contribution is 2.34. The molecule has 0 saturated carbocycles. The van der Waals surface area contributed by atoms with Crippen molar-refractivity contribution < 1.29 is 4.74 Å². The maximum atomic E-state index is 11.9. The largest absolute Gasteiger partial charge is 0.496 e. The Morgan fingerprint density at radius 2 is 1.73 bits per heavy atom. The quantitative estimate of drug-likeness (QED) is 0.741. The summed E-state index contributed by atoms with van der Waals surface area (Å²) in [5.41, 5.74) is 0.806. The highest BCUT2D eigenvalue weighted by Gasteiger charge is 2.06. The molecule has 0 saturated heterocycles. The number of aromatic nitrogens is 2. The Kier molecular flexibility index (Phi) is 4.06. The second kappa shape index (κ2) is 6.15. The number of imidazole rings is 1. The van der Waals surface area contributed by atoms with E-state index in [4.69, 9.17) is 4.74 Å². The van der Waals surface area contributed by atoms with Crippen molar-refractivity contribution in [2.75, 3.05) is 7.11 Å². The van der Waals surface area contributed by atoms with Crippen LogP contribution in [0.1, 0.15) is 0 Å². The van der Waals surface area contributed by atoms with Gasteiger partial charge in [-0.05, 0) is 36.4 Å². The Labute approximate surface area is 133 Å². The number of hydrogen-bond donors (Lipinski definition) is 0. The molecule has 2 aromatic carbocycles. The number of nitrogens with zero attached hydrogens (tertiary/aromatic N) is 2. The van der Waals surface area contributed by atoms with Crippen molar-refractivity contribution >= 4 is 11.8 Å². The molecule has 0 aliphatic heterocycles. The fourth-order valence-corrected chi connectivity index (χ4v) is 3.09. The van der Waals surface area contributed by atoms with Gasteiger partial charge in [0.15, 0.2) is 0 Å². The van der Waals surface area contributed by atoms with Crippen LogP contribution in [0.2, 0.25) is 0 Å². The van der Waals surface area contributed by atoms with Gasteiger partial charge >= 0.3 is 5.69 Å². The maximum absolute atomic E-state index is 11.9. The standard InChI is InChI=1S/C17H16N2O2S/c1-18-11-12-19(17(18)20)13-7-9-14(10-8-13)22-16-6-4-3-5-15(16)21-2/h3-12H,1-2H3. The summed E-state index contributed by atoms with van der Waals surface area (Å²) < 4.78 is 8.54. The number of benzene rings is 2. The average molecular weight is 312 g/mol. The lowest BCUT2D eigenvalue weighted by molar-refractivity contribution is 0.405. The van der Waals surface area contributed by atoms with Crippen LogP contribution in [0, 0.1) is 0 Å². The van der Waals surface area contributed by atoms with Crippen LogP contribution in [0.15, 0.2) is 75.5 Å². The summed E-state index contributed by atoms with van der Waals surface area (Å²) in [6, 6.07) is 15.8. The Morgan fingerprint density at radius 3 is 2.36 bits per heavy atom. The van der Waals surface area contributed by atoms with Crippen molar-refractivity contribution in [3.63, 3.8) is 0 Å². The topological polar surface area (TPSA) is 36.2 Å². The van der Waals surface area contributed by atoms with Gasteiger partial charge in [0, 0.05) is 24.3 Å². The van der Waals surface area contributed by atoms with Crippen LogP contribution in [0.25, 0.3) is 5.69 Å². The number of methoxy groups -OCH3 is 1. The molecule has 0 radical (unpaired) electrons. The Hall–Kier alpha value is -2.40. The molecule has 0 fully saturated rings. The molecule has 4 nitrogen and oxygen atoms in total. The molecule has 0 unspecified atom stereocenters. The monoisotopic (exact) mass is 312 g/mol. The van der Waals surface area contributed by atoms with Crippen LogP contribution >= 0.6 is 11.8 Å². The van der Waals surface area contributed by atoms with E-state index in [1.54, 1.807) is 47.4 Å². The van der Waals surface area contributed by atoms with E-state index in [1.807, 2.05) is 48.5 Å². The highest BCUT2D eigenvalue weighted by atomic mass is 32.2. The molecule has 0 aliphatic carbocycles.